The topological polar surface area (TPSA) is 150 Å². The van der Waals surface area contributed by atoms with Crippen molar-refractivity contribution in [1.82, 2.24) is 19.6 Å². The van der Waals surface area contributed by atoms with Crippen molar-refractivity contribution < 1.29 is 38.4 Å². The largest absolute Gasteiger partial charge is 0.269 e. The van der Waals surface area contributed by atoms with E-state index in [1.54, 1.807) is 0 Å². The lowest BCUT2D eigenvalue weighted by atomic mass is 9.79. The van der Waals surface area contributed by atoms with Crippen LogP contribution in [0.1, 0.15) is 134 Å². The molecular weight excluding hydrogens is 664 g/mol. The Balaban J connectivity index is 1.21. The van der Waals surface area contributed by atoms with E-state index in [4.69, 9.17) is 0 Å². The van der Waals surface area contributed by atoms with Crippen molar-refractivity contribution in [3.05, 3.63) is 93.0 Å². The molecule has 2 saturated carbocycles. The summed E-state index contributed by atoms with van der Waals surface area (Å²) in [7, 11) is 0. The minimum atomic E-state index is -0.851. The first kappa shape index (κ1) is 29.7. The molecular formula is C40H28N4O8. The minimum absolute atomic E-state index is 0.154. The van der Waals surface area contributed by atoms with Crippen LogP contribution >= 0.6 is 0 Å². The van der Waals surface area contributed by atoms with Crippen LogP contribution in [0.5, 0.6) is 0 Å². The summed E-state index contributed by atoms with van der Waals surface area (Å²) in [5.41, 5.74) is 1.24. The van der Waals surface area contributed by atoms with Gasteiger partial charge in [0.05, 0.1) is 24.2 Å². The summed E-state index contributed by atoms with van der Waals surface area (Å²) in [6.07, 6.45) is 3.99. The van der Waals surface area contributed by atoms with Crippen molar-refractivity contribution in [2.24, 2.45) is 0 Å². The van der Waals surface area contributed by atoms with Gasteiger partial charge in [0, 0.05) is 66.1 Å². The van der Waals surface area contributed by atoms with Crippen molar-refractivity contribution in [3.63, 3.8) is 0 Å². The molecule has 2 fully saturated rings. The second-order valence-electron chi connectivity index (χ2n) is 14.9. The summed E-state index contributed by atoms with van der Waals surface area (Å²) in [6, 6.07) is 8.65. The first-order valence-electron chi connectivity index (χ1n) is 17.9. The summed E-state index contributed by atoms with van der Waals surface area (Å²) in [5, 5.41) is 0.897. The van der Waals surface area contributed by atoms with Crippen LogP contribution in [-0.4, -0.2) is 91.0 Å². The first-order valence-corrected chi connectivity index (χ1v) is 17.9. The molecule has 21 rings (SSSR count). The molecule has 4 aromatic carbocycles. The average molecular weight is 693 g/mol. The third kappa shape index (κ3) is 3.34. The SMILES string of the molecule is O=C1c2ccc3c4c5ccc(c24)C(=O)N1C1CCCCC1N1C(=O)c2ccc4c6c(ccc(c26)C1=O)C(=O)N(C4=O)C1CCCCC1N(C3=O)C5=O. The lowest BCUT2D eigenvalue weighted by molar-refractivity contribution is 0.0234. The molecule has 0 radical (unpaired) electrons. The lowest BCUT2D eigenvalue weighted by Crippen LogP contribution is -2.62. The molecule has 15 aliphatic heterocycles. The molecule has 4 aromatic rings. The van der Waals surface area contributed by atoms with Gasteiger partial charge < -0.3 is 0 Å². The van der Waals surface area contributed by atoms with E-state index in [9.17, 15) is 38.4 Å². The summed E-state index contributed by atoms with van der Waals surface area (Å²) in [5.74, 6) is -4.90. The van der Waals surface area contributed by atoms with Crippen molar-refractivity contribution in [2.45, 2.75) is 75.5 Å². The molecule has 0 saturated heterocycles. The van der Waals surface area contributed by atoms with Crippen LogP contribution in [0.3, 0.4) is 0 Å². The van der Waals surface area contributed by atoms with Crippen LogP contribution in [0.4, 0.5) is 0 Å². The Labute approximate surface area is 294 Å². The molecule has 16 bridgehead atoms. The molecule has 0 N–H and O–H groups in total. The van der Waals surface area contributed by atoms with Crippen molar-refractivity contribution in [3.8, 4) is 0 Å². The summed E-state index contributed by atoms with van der Waals surface area (Å²) in [4.78, 5) is 121. The number of nitrogens with zero attached hydrogens (tertiary/aromatic N) is 4. The fraction of sp³-hybridized carbons (Fsp3) is 0.300. The Morgan fingerprint density at radius 1 is 0.288 bits per heavy atom. The second-order valence-corrected chi connectivity index (χ2v) is 14.9. The number of carbonyl (C=O) groups excluding carboxylic acids is 8. The second kappa shape index (κ2) is 9.84. The maximum atomic E-state index is 14.5. The van der Waals surface area contributed by atoms with Gasteiger partial charge in [0.2, 0.25) is 0 Å². The van der Waals surface area contributed by atoms with Gasteiger partial charge >= 0.3 is 0 Å². The first-order chi connectivity index (χ1) is 25.2. The molecule has 4 atom stereocenters. The summed E-state index contributed by atoms with van der Waals surface area (Å²) in [6.45, 7) is 0. The highest BCUT2D eigenvalue weighted by molar-refractivity contribution is 6.35. The van der Waals surface area contributed by atoms with Gasteiger partial charge in [0.25, 0.3) is 47.3 Å². The summed E-state index contributed by atoms with van der Waals surface area (Å²) < 4.78 is 0. The molecule has 2 aliphatic carbocycles. The number of amides is 8. The van der Waals surface area contributed by atoms with E-state index in [1.165, 1.54) is 48.5 Å². The van der Waals surface area contributed by atoms with E-state index in [0.29, 0.717) is 51.4 Å². The predicted molar refractivity (Wildman–Crippen MR) is 182 cm³/mol. The maximum Gasteiger partial charge on any atom is 0.261 e. The highest BCUT2D eigenvalue weighted by atomic mass is 16.2. The number of carbonyl (C=O) groups is 8. The fourth-order valence-corrected chi connectivity index (χ4v) is 10.4. The monoisotopic (exact) mass is 692 g/mol. The van der Waals surface area contributed by atoms with E-state index in [0.717, 1.165) is 19.6 Å². The number of rotatable bonds is 0. The molecule has 12 nitrogen and oxygen atoms in total. The number of imide groups is 4. The van der Waals surface area contributed by atoms with E-state index in [2.05, 4.69) is 0 Å². The van der Waals surface area contributed by atoms with E-state index < -0.39 is 71.4 Å². The highest BCUT2D eigenvalue weighted by Crippen LogP contribution is 2.45. The lowest BCUT2D eigenvalue weighted by Gasteiger charge is -2.47. The standard InChI is InChI=1S/C40H28N4O8/c45-33-17-9-11-21-31-22-12-10-18(29(17)31)34(46)41(33)25-5-1-2-6-26(25)42-35(47)19-13-15-23-32-24(16-14-20(30(19)32)36(42)48)40(52)44(39(23)51)28-8-4-3-7-27(28)43(37(21)49)38(22)50/h9-16,25-28H,1-8H2. The van der Waals surface area contributed by atoms with Crippen LogP contribution < -0.4 is 0 Å². The van der Waals surface area contributed by atoms with Gasteiger partial charge in [0.15, 0.2) is 0 Å². The molecule has 0 spiro atoms. The zero-order chi connectivity index (χ0) is 35.5. The van der Waals surface area contributed by atoms with Gasteiger partial charge in [-0.3, -0.25) is 58.0 Å². The smallest absolute Gasteiger partial charge is 0.261 e. The normalized spacial score (nSPS) is 26.0. The Morgan fingerprint density at radius 2 is 0.442 bits per heavy atom. The van der Waals surface area contributed by atoms with Gasteiger partial charge in [-0.1, -0.05) is 25.7 Å². The van der Waals surface area contributed by atoms with E-state index in [-0.39, 0.29) is 66.1 Å². The van der Waals surface area contributed by atoms with Gasteiger partial charge in [0.1, 0.15) is 0 Å². The maximum absolute atomic E-state index is 14.5. The van der Waals surface area contributed by atoms with Crippen LogP contribution in [0, 0.1) is 0 Å². The van der Waals surface area contributed by atoms with Crippen molar-refractivity contribution in [1.29, 1.82) is 0 Å². The predicted octanol–water partition coefficient (Wildman–Crippen LogP) is 4.71. The van der Waals surface area contributed by atoms with Gasteiger partial charge in [-0.05, 0) is 74.2 Å². The molecule has 8 amide bonds. The highest BCUT2D eigenvalue weighted by Gasteiger charge is 2.52. The Hall–Kier alpha value is -6.04. The molecule has 0 aromatic heterocycles. The third-order valence-electron chi connectivity index (χ3n) is 12.6. The quantitative estimate of drug-likeness (QED) is 0.241. The Bertz CT molecular complexity index is 2070. The van der Waals surface area contributed by atoms with Gasteiger partial charge in [-0.15, -0.1) is 0 Å². The van der Waals surface area contributed by atoms with E-state index in [1.807, 2.05) is 0 Å². The molecule has 256 valence electrons. The van der Waals surface area contributed by atoms with Crippen LogP contribution in [0.2, 0.25) is 0 Å². The van der Waals surface area contributed by atoms with Crippen LogP contribution in [0.15, 0.2) is 48.5 Å². The average Bonchev–Trinajstić information content (AvgIpc) is 3.15. The van der Waals surface area contributed by atoms with Gasteiger partial charge in [-0.2, -0.15) is 0 Å². The zero-order valence-electron chi connectivity index (χ0n) is 27.6. The molecule has 4 unspecified atom stereocenters. The number of hydrogen-bond acceptors (Lipinski definition) is 8. The molecule has 52 heavy (non-hydrogen) atoms. The molecule has 17 aliphatic rings. The Morgan fingerprint density at radius 3 is 0.596 bits per heavy atom. The molecule has 12 heteroatoms. The number of benzene rings is 4. The fourth-order valence-electron chi connectivity index (χ4n) is 10.4. The van der Waals surface area contributed by atoms with Crippen LogP contribution in [-0.2, 0) is 0 Å². The number of hydrogen-bond donors (Lipinski definition) is 0. The Kier molecular flexibility index (Phi) is 5.61. The zero-order valence-corrected chi connectivity index (χ0v) is 27.6. The van der Waals surface area contributed by atoms with Crippen molar-refractivity contribution in [2.75, 3.05) is 0 Å². The van der Waals surface area contributed by atoms with Gasteiger partial charge in [-0.25, -0.2) is 0 Å². The van der Waals surface area contributed by atoms with E-state index >= 15 is 0 Å². The molecule has 15 heterocycles. The third-order valence-corrected chi connectivity index (χ3v) is 12.6. The van der Waals surface area contributed by atoms with Crippen molar-refractivity contribution >= 4 is 68.8 Å². The minimum Gasteiger partial charge on any atom is -0.269 e. The van der Waals surface area contributed by atoms with Crippen LogP contribution in [0.25, 0.3) is 21.5 Å². The summed E-state index contributed by atoms with van der Waals surface area (Å²) >= 11 is 0.